The lowest BCUT2D eigenvalue weighted by atomic mass is 10.1. The van der Waals surface area contributed by atoms with Crippen molar-refractivity contribution >= 4 is 40.4 Å². The van der Waals surface area contributed by atoms with Crippen molar-refractivity contribution in [3.8, 4) is 17.1 Å². The van der Waals surface area contributed by atoms with E-state index >= 15 is 0 Å². The molecule has 0 radical (unpaired) electrons. The summed E-state index contributed by atoms with van der Waals surface area (Å²) in [5, 5.41) is 15.7. The van der Waals surface area contributed by atoms with Crippen molar-refractivity contribution in [2.24, 2.45) is 0 Å². The van der Waals surface area contributed by atoms with E-state index < -0.39 is 0 Å². The Labute approximate surface area is 187 Å². The van der Waals surface area contributed by atoms with Crippen molar-refractivity contribution in [2.45, 2.75) is 24.1 Å². The standard InChI is InChI=1S/C22H17ClN4OS2/c1-13-10-11-29-19(13)21-24-17-5-3-2-4-16(17)18-20(28-21)25-22(27-26-18)30-12-14-6-8-15(23)9-7-14/h2-11,21,24H,12H2,1H3/t21-/m1/s1. The molecule has 5 rings (SSSR count). The Balaban J connectivity index is 1.48. The molecule has 3 heterocycles. The fourth-order valence-corrected chi connectivity index (χ4v) is 4.97. The van der Waals surface area contributed by atoms with Gasteiger partial charge in [-0.25, -0.2) is 0 Å². The molecule has 0 fully saturated rings. The summed E-state index contributed by atoms with van der Waals surface area (Å²) in [4.78, 5) is 5.82. The third kappa shape index (κ3) is 3.88. The molecule has 2 aromatic heterocycles. The topological polar surface area (TPSA) is 59.9 Å². The van der Waals surface area contributed by atoms with E-state index in [2.05, 4.69) is 33.9 Å². The summed E-state index contributed by atoms with van der Waals surface area (Å²) in [6, 6.07) is 17.9. The summed E-state index contributed by atoms with van der Waals surface area (Å²) < 4.78 is 6.33. The van der Waals surface area contributed by atoms with Gasteiger partial charge in [0.25, 0.3) is 0 Å². The quantitative estimate of drug-likeness (QED) is 0.363. The minimum absolute atomic E-state index is 0.335. The minimum atomic E-state index is -0.335. The van der Waals surface area contributed by atoms with Crippen molar-refractivity contribution in [1.29, 1.82) is 0 Å². The number of benzene rings is 2. The monoisotopic (exact) mass is 452 g/mol. The molecular formula is C22H17ClN4OS2. The lowest BCUT2D eigenvalue weighted by Gasteiger charge is -2.18. The van der Waals surface area contributed by atoms with E-state index in [0.29, 0.717) is 16.7 Å². The van der Waals surface area contributed by atoms with Gasteiger partial charge in [0.2, 0.25) is 17.3 Å². The molecule has 0 spiro atoms. The van der Waals surface area contributed by atoms with Crippen LogP contribution in [0.3, 0.4) is 0 Å². The van der Waals surface area contributed by atoms with Crippen molar-refractivity contribution in [1.82, 2.24) is 15.2 Å². The van der Waals surface area contributed by atoms with Crippen LogP contribution in [0.1, 0.15) is 22.2 Å². The van der Waals surface area contributed by atoms with E-state index in [9.17, 15) is 0 Å². The molecule has 0 saturated heterocycles. The molecular weight excluding hydrogens is 436 g/mol. The van der Waals surface area contributed by atoms with Crippen LogP contribution in [0.15, 0.2) is 65.1 Å². The number of rotatable bonds is 4. The number of fused-ring (bicyclic) bond motifs is 3. The summed E-state index contributed by atoms with van der Waals surface area (Å²) in [7, 11) is 0. The van der Waals surface area contributed by atoms with E-state index in [1.54, 1.807) is 11.3 Å². The molecule has 0 bridgehead atoms. The van der Waals surface area contributed by atoms with E-state index in [1.807, 2.05) is 48.5 Å². The van der Waals surface area contributed by atoms with E-state index in [-0.39, 0.29) is 6.23 Å². The number of thiophene rings is 1. The number of ether oxygens (including phenoxy) is 1. The van der Waals surface area contributed by atoms with Gasteiger partial charge in [-0.2, -0.15) is 4.98 Å². The number of nitrogens with zero attached hydrogens (tertiary/aromatic N) is 3. The van der Waals surface area contributed by atoms with Crippen LogP contribution in [0.2, 0.25) is 5.02 Å². The van der Waals surface area contributed by atoms with Gasteiger partial charge in [0, 0.05) is 22.0 Å². The Morgan fingerprint density at radius 2 is 1.93 bits per heavy atom. The molecule has 0 amide bonds. The summed E-state index contributed by atoms with van der Waals surface area (Å²) >= 11 is 9.15. The third-order valence-corrected chi connectivity index (χ3v) is 6.98. The van der Waals surface area contributed by atoms with Crippen molar-refractivity contribution in [3.63, 3.8) is 0 Å². The molecule has 0 aliphatic carbocycles. The summed E-state index contributed by atoms with van der Waals surface area (Å²) in [6.07, 6.45) is -0.335. The largest absolute Gasteiger partial charge is 0.447 e. The SMILES string of the molecule is Cc1ccsc1[C@@H]1Nc2ccccc2-c2nnc(SCc3ccc(Cl)cc3)nc2O1. The number of nitrogens with one attached hydrogen (secondary N) is 1. The first-order chi connectivity index (χ1) is 14.7. The average molecular weight is 453 g/mol. The second-order valence-electron chi connectivity index (χ2n) is 6.82. The molecule has 0 saturated carbocycles. The number of anilines is 1. The highest BCUT2D eigenvalue weighted by atomic mass is 35.5. The molecule has 5 nitrogen and oxygen atoms in total. The highest BCUT2D eigenvalue weighted by molar-refractivity contribution is 7.98. The number of para-hydroxylation sites is 1. The van der Waals surface area contributed by atoms with Gasteiger partial charge in [-0.15, -0.1) is 21.5 Å². The van der Waals surface area contributed by atoms with Crippen LogP contribution in [0, 0.1) is 6.92 Å². The van der Waals surface area contributed by atoms with Crippen LogP contribution in [0.5, 0.6) is 5.88 Å². The second kappa shape index (κ2) is 8.26. The third-order valence-electron chi connectivity index (χ3n) is 4.75. The van der Waals surface area contributed by atoms with Gasteiger partial charge >= 0.3 is 0 Å². The maximum absolute atomic E-state index is 6.33. The minimum Gasteiger partial charge on any atom is -0.447 e. The number of aromatic nitrogens is 3. The van der Waals surface area contributed by atoms with Crippen LogP contribution in [-0.4, -0.2) is 15.2 Å². The molecule has 1 N–H and O–H groups in total. The first-order valence-corrected chi connectivity index (χ1v) is 11.6. The van der Waals surface area contributed by atoms with Crippen molar-refractivity contribution in [3.05, 3.63) is 81.0 Å². The zero-order valence-corrected chi connectivity index (χ0v) is 18.4. The number of hydrogen-bond acceptors (Lipinski definition) is 7. The molecule has 1 aliphatic rings. The Bertz CT molecular complexity index is 1200. The smallest absolute Gasteiger partial charge is 0.247 e. The molecule has 30 heavy (non-hydrogen) atoms. The van der Waals surface area contributed by atoms with E-state index in [4.69, 9.17) is 21.3 Å². The molecule has 8 heteroatoms. The van der Waals surface area contributed by atoms with E-state index in [0.717, 1.165) is 32.5 Å². The lowest BCUT2D eigenvalue weighted by molar-refractivity contribution is 0.228. The molecule has 1 atom stereocenters. The van der Waals surface area contributed by atoms with Gasteiger partial charge in [0.1, 0.15) is 0 Å². The summed E-state index contributed by atoms with van der Waals surface area (Å²) in [5.74, 6) is 1.21. The number of hydrogen-bond donors (Lipinski definition) is 1. The fraction of sp³-hybridized carbons (Fsp3) is 0.136. The van der Waals surface area contributed by atoms with E-state index in [1.165, 1.54) is 17.3 Å². The highest BCUT2D eigenvalue weighted by Gasteiger charge is 2.27. The molecule has 0 unspecified atom stereocenters. The van der Waals surface area contributed by atoms with Gasteiger partial charge in [-0.1, -0.05) is 53.7 Å². The maximum Gasteiger partial charge on any atom is 0.247 e. The van der Waals surface area contributed by atoms with Crippen LogP contribution < -0.4 is 10.1 Å². The average Bonchev–Trinajstić information content (AvgIpc) is 3.12. The second-order valence-corrected chi connectivity index (χ2v) is 9.15. The fourth-order valence-electron chi connectivity index (χ4n) is 3.21. The van der Waals surface area contributed by atoms with Crippen molar-refractivity contribution in [2.75, 3.05) is 5.32 Å². The Kier molecular flexibility index (Phi) is 5.33. The van der Waals surface area contributed by atoms with Crippen LogP contribution >= 0.6 is 34.7 Å². The van der Waals surface area contributed by atoms with Gasteiger partial charge < -0.3 is 10.1 Å². The van der Waals surface area contributed by atoms with Crippen LogP contribution in [-0.2, 0) is 5.75 Å². The number of aryl methyl sites for hydroxylation is 1. The van der Waals surface area contributed by atoms with Gasteiger partial charge in [0.15, 0.2) is 5.69 Å². The summed E-state index contributed by atoms with van der Waals surface area (Å²) in [6.45, 7) is 2.08. The first kappa shape index (κ1) is 19.4. The molecule has 1 aliphatic heterocycles. The first-order valence-electron chi connectivity index (χ1n) is 9.36. The molecule has 2 aromatic carbocycles. The number of halogens is 1. The maximum atomic E-state index is 6.33. The zero-order valence-electron chi connectivity index (χ0n) is 16.0. The zero-order chi connectivity index (χ0) is 20.5. The van der Waals surface area contributed by atoms with Gasteiger partial charge in [-0.3, -0.25) is 0 Å². The predicted molar refractivity (Wildman–Crippen MR) is 122 cm³/mol. The van der Waals surface area contributed by atoms with Gasteiger partial charge in [-0.05, 0) is 47.7 Å². The highest BCUT2D eigenvalue weighted by Crippen LogP contribution is 2.41. The number of thioether (sulfide) groups is 1. The molecule has 150 valence electrons. The lowest BCUT2D eigenvalue weighted by Crippen LogP contribution is -2.16. The Morgan fingerprint density at radius 3 is 2.73 bits per heavy atom. The summed E-state index contributed by atoms with van der Waals surface area (Å²) in [5.41, 5.74) is 4.84. The molecule has 4 aromatic rings. The Hall–Kier alpha value is -2.61. The normalized spacial score (nSPS) is 14.8. The Morgan fingerprint density at radius 1 is 1.10 bits per heavy atom. The van der Waals surface area contributed by atoms with Crippen LogP contribution in [0.4, 0.5) is 5.69 Å². The van der Waals surface area contributed by atoms with Crippen molar-refractivity contribution < 1.29 is 4.74 Å². The van der Waals surface area contributed by atoms with Gasteiger partial charge in [0.05, 0.1) is 4.88 Å². The predicted octanol–water partition coefficient (Wildman–Crippen LogP) is 6.36. The van der Waals surface area contributed by atoms with Crippen LogP contribution in [0.25, 0.3) is 11.3 Å².